The van der Waals surface area contributed by atoms with Crippen molar-refractivity contribution in [2.24, 2.45) is 10.1 Å². The van der Waals surface area contributed by atoms with E-state index in [1.54, 1.807) is 23.2 Å². The number of anilines is 1. The molecular weight excluding hydrogens is 511 g/mol. The molecule has 37 heavy (non-hydrogen) atoms. The summed E-state index contributed by atoms with van der Waals surface area (Å²) in [6.45, 7) is 3.92. The number of amidine groups is 1. The molecule has 2 aliphatic heterocycles. The van der Waals surface area contributed by atoms with Crippen LogP contribution in [0.5, 0.6) is 0 Å². The molecule has 2 atom stereocenters. The van der Waals surface area contributed by atoms with Gasteiger partial charge >= 0.3 is 0 Å². The molecule has 3 aromatic carbocycles. The molecule has 2 aliphatic rings. The largest absolute Gasteiger partial charge is 0.326 e. The van der Waals surface area contributed by atoms with Gasteiger partial charge in [-0.1, -0.05) is 65.3 Å². The van der Waals surface area contributed by atoms with E-state index in [9.17, 15) is 14.0 Å². The number of thioether (sulfide) groups is 1. The number of benzene rings is 3. The fraction of sp³-hybridized carbons (Fsp3) is 0.214. The van der Waals surface area contributed by atoms with Gasteiger partial charge in [0.05, 0.1) is 11.8 Å². The lowest BCUT2D eigenvalue weighted by Crippen LogP contribution is -2.25. The first kappa shape index (κ1) is 25.2. The number of aliphatic imine (C=N–C) groups is 1. The standard InChI is InChI=1S/C28H24ClFN4O2S/c1-16-6-11-22(17(2)12-16)31-26(35)15-25-27(36)32-28(37-25)34-24(19-4-3-5-20(29)13-19)14-23(33-34)18-7-9-21(30)10-8-18/h3-13,24-25H,14-15H2,1-2H3,(H,31,35)/t24-,25+/m1/s1. The molecule has 0 saturated heterocycles. The minimum atomic E-state index is -0.647. The average Bonchev–Trinajstić information content (AvgIpc) is 3.45. The van der Waals surface area contributed by atoms with Crippen molar-refractivity contribution in [2.45, 2.75) is 38.0 Å². The Kier molecular flexibility index (Phi) is 7.13. The maximum atomic E-state index is 13.5. The van der Waals surface area contributed by atoms with Gasteiger partial charge in [0, 0.05) is 23.6 Å². The molecule has 188 valence electrons. The summed E-state index contributed by atoms with van der Waals surface area (Å²) in [4.78, 5) is 29.8. The maximum Gasteiger partial charge on any atom is 0.262 e. The predicted molar refractivity (Wildman–Crippen MR) is 147 cm³/mol. The molecule has 2 heterocycles. The molecule has 3 aromatic rings. The van der Waals surface area contributed by atoms with E-state index in [1.165, 1.54) is 23.9 Å². The predicted octanol–water partition coefficient (Wildman–Crippen LogP) is 6.27. The lowest BCUT2D eigenvalue weighted by molar-refractivity contribution is -0.121. The van der Waals surface area contributed by atoms with Gasteiger partial charge in [-0.3, -0.25) is 9.59 Å². The summed E-state index contributed by atoms with van der Waals surface area (Å²) < 4.78 is 13.5. The monoisotopic (exact) mass is 534 g/mol. The highest BCUT2D eigenvalue weighted by atomic mass is 35.5. The van der Waals surface area contributed by atoms with E-state index >= 15 is 0 Å². The molecule has 2 amide bonds. The lowest BCUT2D eigenvalue weighted by atomic mass is 9.98. The number of rotatable bonds is 5. The van der Waals surface area contributed by atoms with Crippen LogP contribution in [0.15, 0.2) is 76.8 Å². The van der Waals surface area contributed by atoms with Crippen LogP contribution < -0.4 is 5.32 Å². The SMILES string of the molecule is Cc1ccc(NC(=O)C[C@@H]2SC(N3N=C(c4ccc(F)cc4)C[C@@H]3c3cccc(Cl)c3)=NC2=O)c(C)c1. The minimum Gasteiger partial charge on any atom is -0.326 e. The van der Waals surface area contributed by atoms with Crippen molar-refractivity contribution < 1.29 is 14.0 Å². The molecule has 0 radical (unpaired) electrons. The number of nitrogens with zero attached hydrogens (tertiary/aromatic N) is 3. The van der Waals surface area contributed by atoms with E-state index in [4.69, 9.17) is 16.7 Å². The molecule has 0 saturated carbocycles. The van der Waals surface area contributed by atoms with E-state index in [1.807, 2.05) is 50.2 Å². The third-order valence-corrected chi connectivity index (χ3v) is 7.65. The van der Waals surface area contributed by atoms with Gasteiger partial charge in [-0.15, -0.1) is 0 Å². The number of hydrogen-bond donors (Lipinski definition) is 1. The van der Waals surface area contributed by atoms with Gasteiger partial charge < -0.3 is 5.32 Å². The number of amides is 2. The Morgan fingerprint density at radius 2 is 1.92 bits per heavy atom. The quantitative estimate of drug-likeness (QED) is 0.418. The Morgan fingerprint density at radius 3 is 2.65 bits per heavy atom. The zero-order valence-corrected chi connectivity index (χ0v) is 21.8. The normalized spacial score (nSPS) is 19.1. The first-order valence-corrected chi connectivity index (χ1v) is 13.1. The molecular formula is C28H24ClFN4O2S. The van der Waals surface area contributed by atoms with Crippen LogP contribution in [0.25, 0.3) is 0 Å². The zero-order valence-electron chi connectivity index (χ0n) is 20.2. The van der Waals surface area contributed by atoms with E-state index in [0.29, 0.717) is 16.6 Å². The lowest BCUT2D eigenvalue weighted by Gasteiger charge is -2.23. The number of hydrogen-bond acceptors (Lipinski definition) is 5. The Morgan fingerprint density at radius 1 is 1.14 bits per heavy atom. The maximum absolute atomic E-state index is 13.5. The number of aryl methyl sites for hydroxylation is 2. The third-order valence-electron chi connectivity index (χ3n) is 6.27. The molecule has 0 aromatic heterocycles. The summed E-state index contributed by atoms with van der Waals surface area (Å²) in [6, 6.07) is 19.1. The third kappa shape index (κ3) is 5.60. The van der Waals surface area contributed by atoms with Gasteiger partial charge in [0.15, 0.2) is 5.17 Å². The number of hydrazone groups is 1. The van der Waals surface area contributed by atoms with Crippen LogP contribution in [0.2, 0.25) is 5.02 Å². The van der Waals surface area contributed by atoms with Crippen molar-refractivity contribution in [1.82, 2.24) is 5.01 Å². The van der Waals surface area contributed by atoms with Crippen molar-refractivity contribution in [2.75, 3.05) is 5.32 Å². The summed E-state index contributed by atoms with van der Waals surface area (Å²) in [6.07, 6.45) is 0.519. The summed E-state index contributed by atoms with van der Waals surface area (Å²) in [5.41, 5.74) is 5.24. The van der Waals surface area contributed by atoms with Crippen LogP contribution >= 0.6 is 23.4 Å². The molecule has 0 fully saturated rings. The smallest absolute Gasteiger partial charge is 0.262 e. The fourth-order valence-electron chi connectivity index (χ4n) is 4.40. The van der Waals surface area contributed by atoms with Crippen LogP contribution in [-0.4, -0.2) is 33.0 Å². The van der Waals surface area contributed by atoms with Gasteiger partial charge in [0.1, 0.15) is 11.1 Å². The van der Waals surface area contributed by atoms with Crippen molar-refractivity contribution in [3.63, 3.8) is 0 Å². The number of halogens is 2. The first-order valence-electron chi connectivity index (χ1n) is 11.8. The zero-order chi connectivity index (χ0) is 26.1. The van der Waals surface area contributed by atoms with Gasteiger partial charge in [0.25, 0.3) is 5.91 Å². The van der Waals surface area contributed by atoms with Crippen LogP contribution in [0, 0.1) is 19.7 Å². The molecule has 0 aliphatic carbocycles. The van der Waals surface area contributed by atoms with Crippen LogP contribution in [0.1, 0.15) is 41.1 Å². The Labute approximate surface area is 223 Å². The van der Waals surface area contributed by atoms with E-state index in [0.717, 1.165) is 33.7 Å². The number of carbonyl (C=O) groups excluding carboxylic acids is 2. The minimum absolute atomic E-state index is 0.00593. The fourth-order valence-corrected chi connectivity index (χ4v) is 5.67. The van der Waals surface area contributed by atoms with Gasteiger partial charge in [0.2, 0.25) is 5.91 Å². The topological polar surface area (TPSA) is 74.1 Å². The highest BCUT2D eigenvalue weighted by Crippen LogP contribution is 2.39. The summed E-state index contributed by atoms with van der Waals surface area (Å²) in [7, 11) is 0. The molecule has 0 unspecified atom stereocenters. The summed E-state index contributed by atoms with van der Waals surface area (Å²) in [5.74, 6) is -0.947. The average molecular weight is 535 g/mol. The van der Waals surface area contributed by atoms with Crippen LogP contribution in [0.3, 0.4) is 0 Å². The summed E-state index contributed by atoms with van der Waals surface area (Å²) >= 11 is 7.49. The van der Waals surface area contributed by atoms with E-state index in [-0.39, 0.29) is 30.1 Å². The molecule has 0 bridgehead atoms. The second-order valence-electron chi connectivity index (χ2n) is 9.08. The van der Waals surface area contributed by atoms with Crippen LogP contribution in [-0.2, 0) is 9.59 Å². The summed E-state index contributed by atoms with van der Waals surface area (Å²) in [5, 5.41) is 9.76. The Bertz CT molecular complexity index is 1440. The first-order chi connectivity index (χ1) is 17.8. The van der Waals surface area contributed by atoms with E-state index < -0.39 is 5.25 Å². The molecule has 6 nitrogen and oxygen atoms in total. The molecule has 1 N–H and O–H groups in total. The second kappa shape index (κ2) is 10.5. The molecule has 9 heteroatoms. The highest BCUT2D eigenvalue weighted by Gasteiger charge is 2.39. The molecule has 5 rings (SSSR count). The van der Waals surface area contributed by atoms with Gasteiger partial charge in [-0.05, 0) is 60.9 Å². The van der Waals surface area contributed by atoms with Crippen molar-refractivity contribution >= 4 is 51.7 Å². The van der Waals surface area contributed by atoms with Crippen LogP contribution in [0.4, 0.5) is 10.1 Å². The number of nitrogens with one attached hydrogen (secondary N) is 1. The van der Waals surface area contributed by atoms with Crippen molar-refractivity contribution in [1.29, 1.82) is 0 Å². The van der Waals surface area contributed by atoms with Gasteiger partial charge in [-0.2, -0.15) is 10.1 Å². The Hall–Kier alpha value is -3.49. The molecule has 0 spiro atoms. The van der Waals surface area contributed by atoms with E-state index in [2.05, 4.69) is 10.3 Å². The number of carbonyl (C=O) groups is 2. The van der Waals surface area contributed by atoms with Crippen molar-refractivity contribution in [3.05, 3.63) is 99.8 Å². The Balaban J connectivity index is 1.35. The highest BCUT2D eigenvalue weighted by molar-refractivity contribution is 8.15. The van der Waals surface area contributed by atoms with Crippen molar-refractivity contribution in [3.8, 4) is 0 Å². The van der Waals surface area contributed by atoms with Gasteiger partial charge in [-0.25, -0.2) is 9.40 Å². The second-order valence-corrected chi connectivity index (χ2v) is 10.7.